The second-order valence-corrected chi connectivity index (χ2v) is 8.68. The van der Waals surface area contributed by atoms with Crippen LogP contribution in [0.1, 0.15) is 31.1 Å². The molecule has 28 heavy (non-hydrogen) atoms. The molecule has 2 aromatic rings. The number of carbonyl (C=O) groups excluding carboxylic acids is 1. The molecule has 150 valence electrons. The van der Waals surface area contributed by atoms with Crippen LogP contribution < -0.4 is 19.5 Å². The van der Waals surface area contributed by atoms with E-state index in [1.165, 1.54) is 12.1 Å². The predicted molar refractivity (Wildman–Crippen MR) is 106 cm³/mol. The maximum atomic E-state index is 12.6. The van der Waals surface area contributed by atoms with E-state index in [1.807, 2.05) is 20.8 Å². The number of hydrogen-bond donors (Lipinski definition) is 2. The number of ether oxygens (including phenoxy) is 2. The van der Waals surface area contributed by atoms with Gasteiger partial charge in [-0.2, -0.15) is 0 Å². The summed E-state index contributed by atoms with van der Waals surface area (Å²) in [5.74, 6) is 1.06. The highest BCUT2D eigenvalue weighted by atomic mass is 32.2. The van der Waals surface area contributed by atoms with Crippen LogP contribution in [0.4, 0.5) is 5.69 Å². The average Bonchev–Trinajstić information content (AvgIpc) is 2.67. The number of anilines is 1. The fourth-order valence-corrected chi connectivity index (χ4v) is 3.62. The van der Waals surface area contributed by atoms with Crippen LogP contribution in [0.2, 0.25) is 0 Å². The van der Waals surface area contributed by atoms with Gasteiger partial charge >= 0.3 is 0 Å². The highest BCUT2D eigenvalue weighted by molar-refractivity contribution is 7.92. The number of fused-ring (bicyclic) bond motifs is 1. The molecule has 1 unspecified atom stereocenters. The van der Waals surface area contributed by atoms with Gasteiger partial charge in [0.2, 0.25) is 0 Å². The number of hydrogen-bond acceptors (Lipinski definition) is 5. The Morgan fingerprint density at radius 3 is 2.25 bits per heavy atom. The minimum atomic E-state index is -3.80. The second kappa shape index (κ2) is 8.10. The lowest BCUT2D eigenvalue weighted by atomic mass is 10.1. The van der Waals surface area contributed by atoms with Crippen LogP contribution in [0.25, 0.3) is 0 Å². The molecule has 0 radical (unpaired) electrons. The molecular formula is C20H24N2O5S. The van der Waals surface area contributed by atoms with Gasteiger partial charge in [-0.3, -0.25) is 9.52 Å². The van der Waals surface area contributed by atoms with Crippen molar-refractivity contribution in [2.24, 2.45) is 5.92 Å². The van der Waals surface area contributed by atoms with Crippen molar-refractivity contribution in [3.63, 3.8) is 0 Å². The van der Waals surface area contributed by atoms with E-state index in [0.717, 1.165) is 0 Å². The normalized spacial score (nSPS) is 14.4. The maximum Gasteiger partial charge on any atom is 0.262 e. The highest BCUT2D eigenvalue weighted by Gasteiger charge is 2.20. The third kappa shape index (κ3) is 4.56. The maximum absolute atomic E-state index is 12.6. The molecular weight excluding hydrogens is 380 g/mol. The van der Waals surface area contributed by atoms with Crippen LogP contribution in [0, 0.1) is 5.92 Å². The molecule has 0 bridgehead atoms. The van der Waals surface area contributed by atoms with Gasteiger partial charge < -0.3 is 14.8 Å². The number of carbonyl (C=O) groups is 1. The standard InChI is InChI=1S/C20H24N2O5S/c1-13(2)14(3)21-20(23)15-4-6-16(7-5-15)22-28(24,25)17-8-9-18-19(12-17)27-11-10-26-18/h4-9,12-14,22H,10-11H2,1-3H3,(H,21,23). The molecule has 7 nitrogen and oxygen atoms in total. The minimum Gasteiger partial charge on any atom is -0.486 e. The third-order valence-electron chi connectivity index (χ3n) is 4.58. The van der Waals surface area contributed by atoms with E-state index in [1.54, 1.807) is 30.3 Å². The summed E-state index contributed by atoms with van der Waals surface area (Å²) < 4.78 is 38.6. The summed E-state index contributed by atoms with van der Waals surface area (Å²) >= 11 is 0. The number of sulfonamides is 1. The smallest absolute Gasteiger partial charge is 0.262 e. The first-order chi connectivity index (χ1) is 13.3. The number of benzene rings is 2. The summed E-state index contributed by atoms with van der Waals surface area (Å²) in [5.41, 5.74) is 0.832. The third-order valence-corrected chi connectivity index (χ3v) is 5.96. The van der Waals surface area contributed by atoms with E-state index in [9.17, 15) is 13.2 Å². The van der Waals surface area contributed by atoms with E-state index < -0.39 is 10.0 Å². The van der Waals surface area contributed by atoms with Crippen molar-refractivity contribution in [2.75, 3.05) is 17.9 Å². The van der Waals surface area contributed by atoms with Crippen LogP contribution in [-0.4, -0.2) is 33.6 Å². The van der Waals surface area contributed by atoms with Crippen molar-refractivity contribution in [1.29, 1.82) is 0 Å². The van der Waals surface area contributed by atoms with Crippen molar-refractivity contribution in [2.45, 2.75) is 31.7 Å². The molecule has 0 spiro atoms. The summed E-state index contributed by atoms with van der Waals surface area (Å²) in [6, 6.07) is 10.8. The Labute approximate surface area is 165 Å². The molecule has 2 aromatic carbocycles. The van der Waals surface area contributed by atoms with Gasteiger partial charge in [0.25, 0.3) is 15.9 Å². The molecule has 0 fully saturated rings. The fraction of sp³-hybridized carbons (Fsp3) is 0.350. The predicted octanol–water partition coefficient (Wildman–Crippen LogP) is 3.03. The van der Waals surface area contributed by atoms with Crippen molar-refractivity contribution in [3.8, 4) is 11.5 Å². The lowest BCUT2D eigenvalue weighted by Crippen LogP contribution is -2.36. The van der Waals surface area contributed by atoms with E-state index >= 15 is 0 Å². The molecule has 0 saturated carbocycles. The molecule has 1 atom stereocenters. The van der Waals surface area contributed by atoms with Crippen LogP contribution in [0.3, 0.4) is 0 Å². The van der Waals surface area contributed by atoms with Crippen molar-refractivity contribution >= 4 is 21.6 Å². The van der Waals surface area contributed by atoms with Crippen LogP contribution in [0.5, 0.6) is 11.5 Å². The Bertz CT molecular complexity index is 955. The molecule has 3 rings (SSSR count). The van der Waals surface area contributed by atoms with Gasteiger partial charge in [-0.25, -0.2) is 8.42 Å². The van der Waals surface area contributed by atoms with Gasteiger partial charge in [0, 0.05) is 23.4 Å². The van der Waals surface area contributed by atoms with E-state index in [2.05, 4.69) is 10.0 Å². The number of amides is 1. The summed E-state index contributed by atoms with van der Waals surface area (Å²) in [5, 5.41) is 2.91. The Morgan fingerprint density at radius 1 is 0.964 bits per heavy atom. The van der Waals surface area contributed by atoms with E-state index in [4.69, 9.17) is 9.47 Å². The van der Waals surface area contributed by atoms with Crippen LogP contribution in [0.15, 0.2) is 47.4 Å². The zero-order chi connectivity index (χ0) is 20.3. The van der Waals surface area contributed by atoms with E-state index in [-0.39, 0.29) is 16.8 Å². The second-order valence-electron chi connectivity index (χ2n) is 6.99. The van der Waals surface area contributed by atoms with Crippen LogP contribution in [-0.2, 0) is 10.0 Å². The first kappa shape index (κ1) is 20.0. The Hall–Kier alpha value is -2.74. The molecule has 0 aliphatic carbocycles. The zero-order valence-corrected chi connectivity index (χ0v) is 16.9. The quantitative estimate of drug-likeness (QED) is 0.772. The van der Waals surface area contributed by atoms with Gasteiger partial charge in [0.1, 0.15) is 13.2 Å². The molecule has 0 aromatic heterocycles. The average molecular weight is 404 g/mol. The Kier molecular flexibility index (Phi) is 5.79. The lowest BCUT2D eigenvalue weighted by molar-refractivity contribution is 0.0930. The van der Waals surface area contributed by atoms with Gasteiger partial charge in [0.05, 0.1) is 4.90 Å². The van der Waals surface area contributed by atoms with Gasteiger partial charge in [-0.15, -0.1) is 0 Å². The van der Waals surface area contributed by atoms with Crippen molar-refractivity contribution in [3.05, 3.63) is 48.0 Å². The first-order valence-electron chi connectivity index (χ1n) is 9.09. The summed E-state index contributed by atoms with van der Waals surface area (Å²) in [6.07, 6.45) is 0. The van der Waals surface area contributed by atoms with Gasteiger partial charge in [-0.05, 0) is 49.2 Å². The molecule has 1 amide bonds. The molecule has 0 saturated heterocycles. The molecule has 1 aliphatic rings. The molecule has 1 aliphatic heterocycles. The molecule has 1 heterocycles. The Morgan fingerprint density at radius 2 is 1.61 bits per heavy atom. The van der Waals surface area contributed by atoms with Crippen molar-refractivity contribution < 1.29 is 22.7 Å². The highest BCUT2D eigenvalue weighted by Crippen LogP contribution is 2.32. The monoisotopic (exact) mass is 404 g/mol. The topological polar surface area (TPSA) is 93.7 Å². The minimum absolute atomic E-state index is 0.0425. The largest absolute Gasteiger partial charge is 0.486 e. The van der Waals surface area contributed by atoms with Crippen LogP contribution >= 0.6 is 0 Å². The molecule has 8 heteroatoms. The Balaban J connectivity index is 1.72. The van der Waals surface area contributed by atoms with Gasteiger partial charge in [-0.1, -0.05) is 13.8 Å². The zero-order valence-electron chi connectivity index (χ0n) is 16.1. The first-order valence-corrected chi connectivity index (χ1v) is 10.6. The summed E-state index contributed by atoms with van der Waals surface area (Å²) in [6.45, 7) is 6.82. The summed E-state index contributed by atoms with van der Waals surface area (Å²) in [4.78, 5) is 12.3. The molecule has 2 N–H and O–H groups in total. The van der Waals surface area contributed by atoms with Gasteiger partial charge in [0.15, 0.2) is 11.5 Å². The lowest BCUT2D eigenvalue weighted by Gasteiger charge is -2.19. The number of nitrogens with one attached hydrogen (secondary N) is 2. The summed E-state index contributed by atoms with van der Waals surface area (Å²) in [7, 11) is -3.80. The van der Waals surface area contributed by atoms with Crippen molar-refractivity contribution in [1.82, 2.24) is 5.32 Å². The number of rotatable bonds is 6. The van der Waals surface area contributed by atoms with E-state index in [0.29, 0.717) is 41.9 Å². The fourth-order valence-electron chi connectivity index (χ4n) is 2.55. The SMILES string of the molecule is CC(C)C(C)NC(=O)c1ccc(NS(=O)(=O)c2ccc3c(c2)OCCO3)cc1.